The minimum absolute atomic E-state index is 0.00533. The highest BCUT2D eigenvalue weighted by molar-refractivity contribution is 6.35. The molecule has 4 aromatic rings. The monoisotopic (exact) mass is 549 g/mol. The molecule has 200 valence electrons. The van der Waals surface area contributed by atoms with E-state index in [0.717, 1.165) is 5.39 Å². The molecular weight excluding hydrogens is 525 g/mol. The van der Waals surface area contributed by atoms with E-state index in [-0.39, 0.29) is 46.7 Å². The van der Waals surface area contributed by atoms with Crippen LogP contribution in [0.5, 0.6) is 5.75 Å². The van der Waals surface area contributed by atoms with Crippen molar-refractivity contribution in [3.8, 4) is 16.9 Å². The minimum Gasteiger partial charge on any atom is -0.508 e. The number of phenolic OH excluding ortho intramolecular Hbond substituents is 1. The Bertz CT molecular complexity index is 1620. The second-order valence-corrected chi connectivity index (χ2v) is 9.52. The van der Waals surface area contributed by atoms with E-state index in [2.05, 4.69) is 21.9 Å². The van der Waals surface area contributed by atoms with Crippen LogP contribution in [0.25, 0.3) is 32.8 Å². The number of carbonyl (C=O) groups is 2. The van der Waals surface area contributed by atoms with Gasteiger partial charge in [-0.2, -0.15) is 4.98 Å². The number of aromatic nitrogens is 2. The summed E-state index contributed by atoms with van der Waals surface area (Å²) in [5.41, 5.74) is 0.486. The molecule has 3 aromatic carbocycles. The van der Waals surface area contributed by atoms with Crippen LogP contribution in [-0.2, 0) is 9.59 Å². The second-order valence-electron chi connectivity index (χ2n) is 9.12. The summed E-state index contributed by atoms with van der Waals surface area (Å²) in [6.07, 6.45) is 1.09. The summed E-state index contributed by atoms with van der Waals surface area (Å²) in [5, 5.41) is 24.2. The Morgan fingerprint density at radius 3 is 2.56 bits per heavy atom. The van der Waals surface area contributed by atoms with Gasteiger partial charge in [-0.15, -0.1) is 0 Å². The van der Waals surface area contributed by atoms with Gasteiger partial charge in [0.05, 0.1) is 11.4 Å². The van der Waals surface area contributed by atoms with Crippen molar-refractivity contribution in [2.75, 3.05) is 42.9 Å². The number of halogens is 2. The first-order chi connectivity index (χ1) is 18.8. The summed E-state index contributed by atoms with van der Waals surface area (Å²) in [4.78, 5) is 35.6. The van der Waals surface area contributed by atoms with Gasteiger partial charge in [-0.3, -0.25) is 9.59 Å². The molecule has 0 aliphatic carbocycles. The van der Waals surface area contributed by atoms with Crippen LogP contribution in [0.4, 0.5) is 16.2 Å². The number of phenols is 1. The lowest BCUT2D eigenvalue weighted by Crippen LogP contribution is -2.48. The molecule has 2 heterocycles. The van der Waals surface area contributed by atoms with Gasteiger partial charge in [0.1, 0.15) is 17.1 Å². The van der Waals surface area contributed by atoms with Crippen molar-refractivity contribution in [1.29, 1.82) is 0 Å². The van der Waals surface area contributed by atoms with Crippen LogP contribution in [0, 0.1) is 5.82 Å². The Morgan fingerprint density at radius 2 is 1.85 bits per heavy atom. The van der Waals surface area contributed by atoms with Gasteiger partial charge in [0.15, 0.2) is 5.82 Å². The number of aromatic hydroxyl groups is 1. The molecule has 11 heteroatoms. The lowest BCUT2D eigenvalue weighted by Gasteiger charge is -2.35. The SMILES string of the molecule is C=CC(=O)N1CCN(c2nc(NCCC(=O)O)nc3c(F)c(-c4cc(O)cc5ccccc45)c(Cl)cc23)CC1. The van der Waals surface area contributed by atoms with Crippen LogP contribution in [-0.4, -0.2) is 69.7 Å². The predicted molar refractivity (Wildman–Crippen MR) is 149 cm³/mol. The molecule has 0 unspecified atom stereocenters. The molecule has 1 aliphatic heterocycles. The first kappa shape index (κ1) is 26.2. The molecule has 0 radical (unpaired) electrons. The van der Waals surface area contributed by atoms with E-state index in [9.17, 15) is 14.7 Å². The van der Waals surface area contributed by atoms with Crippen molar-refractivity contribution in [3.05, 3.63) is 66.0 Å². The first-order valence-corrected chi connectivity index (χ1v) is 12.7. The molecule has 1 aromatic heterocycles. The zero-order valence-corrected chi connectivity index (χ0v) is 21.6. The molecule has 1 aliphatic rings. The summed E-state index contributed by atoms with van der Waals surface area (Å²) < 4.78 is 16.4. The molecule has 0 spiro atoms. The molecule has 1 amide bonds. The number of carboxylic acid groups (broad SMARTS) is 1. The number of carboxylic acids is 1. The number of hydrogen-bond acceptors (Lipinski definition) is 7. The Balaban J connectivity index is 1.66. The van der Waals surface area contributed by atoms with Crippen LogP contribution in [0.3, 0.4) is 0 Å². The topological polar surface area (TPSA) is 119 Å². The van der Waals surface area contributed by atoms with Gasteiger partial charge in [0, 0.05) is 43.7 Å². The molecule has 0 atom stereocenters. The number of aliphatic carboxylic acids is 1. The number of anilines is 2. The maximum Gasteiger partial charge on any atom is 0.305 e. The summed E-state index contributed by atoms with van der Waals surface area (Å²) in [5.74, 6) is -1.42. The van der Waals surface area contributed by atoms with Crippen LogP contribution in [0.15, 0.2) is 55.1 Å². The molecule has 39 heavy (non-hydrogen) atoms. The highest BCUT2D eigenvalue weighted by Gasteiger charge is 2.26. The summed E-state index contributed by atoms with van der Waals surface area (Å²) >= 11 is 6.71. The first-order valence-electron chi connectivity index (χ1n) is 12.3. The van der Waals surface area contributed by atoms with Gasteiger partial charge in [-0.25, -0.2) is 9.37 Å². The van der Waals surface area contributed by atoms with E-state index >= 15 is 4.39 Å². The predicted octanol–water partition coefficient (Wildman–Crippen LogP) is 4.67. The number of rotatable bonds is 7. The molecule has 3 N–H and O–H groups in total. The van der Waals surface area contributed by atoms with Gasteiger partial charge >= 0.3 is 5.97 Å². The largest absolute Gasteiger partial charge is 0.508 e. The maximum atomic E-state index is 16.4. The zero-order valence-electron chi connectivity index (χ0n) is 20.8. The average molecular weight is 550 g/mol. The number of piperazine rings is 1. The van der Waals surface area contributed by atoms with E-state index in [4.69, 9.17) is 16.7 Å². The van der Waals surface area contributed by atoms with E-state index < -0.39 is 11.8 Å². The molecular formula is C28H25ClFN5O4. The molecule has 5 rings (SSSR count). The molecule has 1 saturated heterocycles. The third kappa shape index (κ3) is 5.15. The second kappa shape index (κ2) is 10.7. The summed E-state index contributed by atoms with van der Waals surface area (Å²) in [7, 11) is 0. The Kier molecular flexibility index (Phi) is 7.21. The van der Waals surface area contributed by atoms with Gasteiger partial charge < -0.3 is 25.3 Å². The normalized spacial score (nSPS) is 13.6. The van der Waals surface area contributed by atoms with Crippen LogP contribution in [0.2, 0.25) is 5.02 Å². The number of carbonyl (C=O) groups excluding carboxylic acids is 1. The van der Waals surface area contributed by atoms with Crippen molar-refractivity contribution < 1.29 is 24.2 Å². The average Bonchev–Trinajstić information content (AvgIpc) is 2.92. The fourth-order valence-electron chi connectivity index (χ4n) is 4.80. The quantitative estimate of drug-likeness (QED) is 0.285. The molecule has 9 nitrogen and oxygen atoms in total. The van der Waals surface area contributed by atoms with Gasteiger partial charge in [-0.05, 0) is 40.6 Å². The van der Waals surface area contributed by atoms with Crippen molar-refractivity contribution in [1.82, 2.24) is 14.9 Å². The fraction of sp³-hybridized carbons (Fsp3) is 0.214. The molecule has 0 bridgehead atoms. The number of benzene rings is 3. The Morgan fingerprint density at radius 1 is 1.10 bits per heavy atom. The van der Waals surface area contributed by atoms with Gasteiger partial charge in [0.2, 0.25) is 11.9 Å². The van der Waals surface area contributed by atoms with E-state index in [0.29, 0.717) is 48.3 Å². The number of nitrogens with zero attached hydrogens (tertiary/aromatic N) is 4. The van der Waals surface area contributed by atoms with Crippen molar-refractivity contribution in [2.45, 2.75) is 6.42 Å². The lowest BCUT2D eigenvalue weighted by atomic mass is 9.96. The third-order valence-corrected chi connectivity index (χ3v) is 6.96. The standard InChI is InChI=1S/C28H25ClFN5O4/c1-2-22(37)34-9-11-35(12-10-34)27-20-15-21(29)24(19-14-17(36)13-16-5-3-4-6-18(16)19)25(30)26(20)32-28(33-27)31-8-7-23(38)39/h2-6,13-15,36H,1,7-12H2,(H,38,39)(H,31,32,33). The van der Waals surface area contributed by atoms with Crippen LogP contribution >= 0.6 is 11.6 Å². The highest BCUT2D eigenvalue weighted by Crippen LogP contribution is 2.42. The summed E-state index contributed by atoms with van der Waals surface area (Å²) in [6.45, 7) is 5.27. The van der Waals surface area contributed by atoms with Crippen LogP contribution < -0.4 is 10.2 Å². The molecule has 1 fully saturated rings. The Hall–Kier alpha value is -4.44. The zero-order chi connectivity index (χ0) is 27.7. The number of fused-ring (bicyclic) bond motifs is 2. The van der Waals surface area contributed by atoms with Gasteiger partial charge in [0.25, 0.3) is 0 Å². The van der Waals surface area contributed by atoms with E-state index in [1.807, 2.05) is 29.2 Å². The van der Waals surface area contributed by atoms with Crippen molar-refractivity contribution >= 4 is 56.9 Å². The van der Waals surface area contributed by atoms with Gasteiger partial charge in [-0.1, -0.05) is 42.4 Å². The smallest absolute Gasteiger partial charge is 0.305 e. The minimum atomic E-state index is -0.998. The third-order valence-electron chi connectivity index (χ3n) is 6.67. The lowest BCUT2D eigenvalue weighted by molar-refractivity contribution is -0.136. The Labute approximate surface area is 228 Å². The fourth-order valence-corrected chi connectivity index (χ4v) is 5.09. The maximum absolute atomic E-state index is 16.4. The highest BCUT2D eigenvalue weighted by atomic mass is 35.5. The summed E-state index contributed by atoms with van der Waals surface area (Å²) in [6, 6.07) is 11.9. The molecule has 0 saturated carbocycles. The number of nitrogens with one attached hydrogen (secondary N) is 1. The van der Waals surface area contributed by atoms with Crippen LogP contribution in [0.1, 0.15) is 6.42 Å². The van der Waals surface area contributed by atoms with E-state index in [1.54, 1.807) is 17.0 Å². The van der Waals surface area contributed by atoms with E-state index in [1.165, 1.54) is 12.1 Å². The van der Waals surface area contributed by atoms with Crippen molar-refractivity contribution in [2.24, 2.45) is 0 Å². The van der Waals surface area contributed by atoms with Crippen molar-refractivity contribution in [3.63, 3.8) is 0 Å². The number of amides is 1. The number of hydrogen-bond donors (Lipinski definition) is 3.